The number of benzene rings is 1. The van der Waals surface area contributed by atoms with Crippen molar-refractivity contribution < 1.29 is 19.1 Å². The minimum absolute atomic E-state index is 0.142. The summed E-state index contributed by atoms with van der Waals surface area (Å²) in [6, 6.07) is 9.02. The summed E-state index contributed by atoms with van der Waals surface area (Å²) in [5, 5.41) is 2.71. The van der Waals surface area contributed by atoms with Crippen LogP contribution in [0.1, 0.15) is 40.5 Å². The summed E-state index contributed by atoms with van der Waals surface area (Å²) < 4.78 is 5.91. The van der Waals surface area contributed by atoms with E-state index in [-0.39, 0.29) is 6.10 Å². The number of hydrogen-bond donors (Lipinski definition) is 1. The van der Waals surface area contributed by atoms with E-state index in [1.807, 2.05) is 0 Å². The molecule has 3 amide bonds. The molecule has 1 saturated heterocycles. The van der Waals surface area contributed by atoms with E-state index in [1.54, 1.807) is 36.4 Å². The number of likely N-dealkylation sites (tertiary alicyclic amines) is 1. The Morgan fingerprint density at radius 1 is 1.10 bits per heavy atom. The van der Waals surface area contributed by atoms with Crippen LogP contribution in [-0.2, 0) is 4.79 Å². The molecule has 3 heterocycles. The molecule has 0 bridgehead atoms. The highest BCUT2D eigenvalue weighted by molar-refractivity contribution is 6.23. The Hall–Kier alpha value is -3.26. The Labute approximate surface area is 174 Å². The smallest absolute Gasteiger partial charge is 0.262 e. The normalized spacial score (nSPS) is 18.3. The standard InChI is InChI=1S/C22H24N4O4/c1-14(26-21(28)17-5-3-4-6-18(17)22(26)29)20(27)24-15-7-8-19(23-13-15)30-16-9-11-25(2)12-10-16/h3-8,13-14,16H,9-12H2,1-2H3,(H,24,27). The van der Waals surface area contributed by atoms with Gasteiger partial charge in [0.25, 0.3) is 11.8 Å². The molecule has 30 heavy (non-hydrogen) atoms. The maximum Gasteiger partial charge on any atom is 0.262 e. The monoisotopic (exact) mass is 408 g/mol. The van der Waals surface area contributed by atoms with E-state index < -0.39 is 23.8 Å². The van der Waals surface area contributed by atoms with Gasteiger partial charge >= 0.3 is 0 Å². The summed E-state index contributed by atoms with van der Waals surface area (Å²) in [5.74, 6) is -0.872. The Morgan fingerprint density at radius 2 is 1.73 bits per heavy atom. The van der Waals surface area contributed by atoms with Crippen molar-refractivity contribution in [2.45, 2.75) is 31.9 Å². The summed E-state index contributed by atoms with van der Waals surface area (Å²) in [4.78, 5) is 45.3. The summed E-state index contributed by atoms with van der Waals surface area (Å²) in [6.45, 7) is 3.52. The van der Waals surface area contributed by atoms with Gasteiger partial charge in [-0.05, 0) is 45.0 Å². The van der Waals surface area contributed by atoms with Crippen molar-refractivity contribution in [2.24, 2.45) is 0 Å². The number of amides is 3. The first kappa shape index (κ1) is 20.0. The number of aromatic nitrogens is 1. The number of piperidine rings is 1. The third-order valence-corrected chi connectivity index (χ3v) is 5.55. The van der Waals surface area contributed by atoms with E-state index >= 15 is 0 Å². The van der Waals surface area contributed by atoms with Crippen molar-refractivity contribution in [3.05, 3.63) is 53.7 Å². The van der Waals surface area contributed by atoms with E-state index in [9.17, 15) is 14.4 Å². The molecule has 1 N–H and O–H groups in total. The van der Waals surface area contributed by atoms with Crippen molar-refractivity contribution in [3.8, 4) is 5.88 Å². The highest BCUT2D eigenvalue weighted by Gasteiger charge is 2.40. The van der Waals surface area contributed by atoms with Gasteiger partial charge in [-0.1, -0.05) is 12.1 Å². The molecular weight excluding hydrogens is 384 g/mol. The third-order valence-electron chi connectivity index (χ3n) is 5.55. The Morgan fingerprint density at radius 3 is 2.30 bits per heavy atom. The topological polar surface area (TPSA) is 91.8 Å². The average Bonchev–Trinajstić information content (AvgIpc) is 3.01. The van der Waals surface area contributed by atoms with Crippen molar-refractivity contribution in [3.63, 3.8) is 0 Å². The number of nitrogens with one attached hydrogen (secondary N) is 1. The molecule has 1 aromatic heterocycles. The fourth-order valence-corrected chi connectivity index (χ4v) is 3.72. The van der Waals surface area contributed by atoms with Gasteiger partial charge in [-0.15, -0.1) is 0 Å². The number of fused-ring (bicyclic) bond motifs is 1. The minimum atomic E-state index is -0.951. The average molecular weight is 408 g/mol. The number of hydrogen-bond acceptors (Lipinski definition) is 6. The number of rotatable bonds is 5. The lowest BCUT2D eigenvalue weighted by molar-refractivity contribution is -0.119. The largest absolute Gasteiger partial charge is 0.474 e. The van der Waals surface area contributed by atoms with Crippen LogP contribution in [0.5, 0.6) is 5.88 Å². The molecule has 4 rings (SSSR count). The lowest BCUT2D eigenvalue weighted by Gasteiger charge is -2.28. The van der Waals surface area contributed by atoms with Crippen LogP contribution < -0.4 is 10.1 Å². The van der Waals surface area contributed by atoms with Gasteiger partial charge in [0.15, 0.2) is 0 Å². The highest BCUT2D eigenvalue weighted by Crippen LogP contribution is 2.25. The zero-order valence-corrected chi connectivity index (χ0v) is 17.0. The van der Waals surface area contributed by atoms with Gasteiger partial charge in [0.1, 0.15) is 12.1 Å². The maximum atomic E-state index is 12.7. The van der Waals surface area contributed by atoms with Gasteiger partial charge in [-0.25, -0.2) is 4.98 Å². The molecule has 2 aromatic rings. The van der Waals surface area contributed by atoms with Crippen molar-refractivity contribution in [1.29, 1.82) is 0 Å². The van der Waals surface area contributed by atoms with E-state index in [1.165, 1.54) is 13.1 Å². The second kappa shape index (κ2) is 8.23. The number of ether oxygens (including phenoxy) is 1. The molecule has 1 fully saturated rings. The third kappa shape index (κ3) is 3.91. The molecule has 8 nitrogen and oxygen atoms in total. The summed E-state index contributed by atoms with van der Waals surface area (Å²) in [5.41, 5.74) is 1.11. The van der Waals surface area contributed by atoms with Crippen LogP contribution in [0.15, 0.2) is 42.6 Å². The highest BCUT2D eigenvalue weighted by atomic mass is 16.5. The maximum absolute atomic E-state index is 12.7. The molecule has 0 radical (unpaired) electrons. The van der Waals surface area contributed by atoms with E-state index in [4.69, 9.17) is 4.74 Å². The first-order chi connectivity index (χ1) is 14.4. The van der Waals surface area contributed by atoms with Crippen molar-refractivity contribution in [1.82, 2.24) is 14.8 Å². The first-order valence-corrected chi connectivity index (χ1v) is 10.0. The summed E-state index contributed by atoms with van der Waals surface area (Å²) in [6.07, 6.45) is 3.56. The molecule has 0 spiro atoms. The molecule has 0 saturated carbocycles. The zero-order valence-electron chi connectivity index (χ0n) is 17.0. The lowest BCUT2D eigenvalue weighted by Crippen LogP contribution is -2.45. The van der Waals surface area contributed by atoms with Crippen LogP contribution in [0, 0.1) is 0 Å². The van der Waals surface area contributed by atoms with E-state index in [0.717, 1.165) is 30.8 Å². The second-order valence-corrected chi connectivity index (χ2v) is 7.70. The summed E-state index contributed by atoms with van der Waals surface area (Å²) >= 11 is 0. The Kier molecular flexibility index (Phi) is 5.50. The fraction of sp³-hybridized carbons (Fsp3) is 0.364. The fourth-order valence-electron chi connectivity index (χ4n) is 3.72. The van der Waals surface area contributed by atoms with Gasteiger partial charge in [0.2, 0.25) is 11.8 Å². The quantitative estimate of drug-likeness (QED) is 0.763. The molecule has 0 aliphatic carbocycles. The van der Waals surface area contributed by atoms with E-state index in [2.05, 4.69) is 22.2 Å². The number of imide groups is 1. The number of nitrogens with zero attached hydrogens (tertiary/aromatic N) is 3. The predicted octanol–water partition coefficient (Wildman–Crippen LogP) is 2.18. The SMILES string of the molecule is CC(C(=O)Nc1ccc(OC2CCN(C)CC2)nc1)N1C(=O)c2ccccc2C1=O. The molecule has 156 valence electrons. The number of pyridine rings is 1. The molecule has 2 aliphatic heterocycles. The van der Waals surface area contributed by atoms with Gasteiger partial charge in [-0.2, -0.15) is 0 Å². The van der Waals surface area contributed by atoms with E-state index in [0.29, 0.717) is 22.7 Å². The van der Waals surface area contributed by atoms with Crippen molar-refractivity contribution >= 4 is 23.4 Å². The predicted molar refractivity (Wildman–Crippen MR) is 110 cm³/mol. The molecule has 1 aromatic carbocycles. The zero-order chi connectivity index (χ0) is 21.3. The van der Waals surface area contributed by atoms with Crippen molar-refractivity contribution in [2.75, 3.05) is 25.5 Å². The molecular formula is C22H24N4O4. The molecule has 1 unspecified atom stereocenters. The lowest BCUT2D eigenvalue weighted by atomic mass is 10.1. The number of anilines is 1. The van der Waals surface area contributed by atoms with Crippen LogP contribution in [0.3, 0.4) is 0 Å². The Balaban J connectivity index is 1.37. The Bertz CT molecular complexity index is 932. The van der Waals surface area contributed by atoms with Crippen LogP contribution in [0.4, 0.5) is 5.69 Å². The van der Waals surface area contributed by atoms with Gasteiger partial charge in [0, 0.05) is 19.2 Å². The van der Waals surface area contributed by atoms with Crippen LogP contribution in [0.2, 0.25) is 0 Å². The first-order valence-electron chi connectivity index (χ1n) is 10.0. The van der Waals surface area contributed by atoms with Crippen LogP contribution in [-0.4, -0.2) is 64.8 Å². The van der Waals surface area contributed by atoms with Gasteiger partial charge in [0.05, 0.1) is 23.0 Å². The molecule has 8 heteroatoms. The minimum Gasteiger partial charge on any atom is -0.474 e. The van der Waals surface area contributed by atoms with Gasteiger partial charge in [-0.3, -0.25) is 19.3 Å². The van der Waals surface area contributed by atoms with Gasteiger partial charge < -0.3 is 15.0 Å². The number of carbonyl (C=O) groups is 3. The number of carbonyl (C=O) groups excluding carboxylic acids is 3. The second-order valence-electron chi connectivity index (χ2n) is 7.70. The van der Waals surface area contributed by atoms with Crippen LogP contribution in [0.25, 0.3) is 0 Å². The summed E-state index contributed by atoms with van der Waals surface area (Å²) in [7, 11) is 2.09. The molecule has 1 atom stereocenters. The molecule has 2 aliphatic rings. The van der Waals surface area contributed by atoms with Crippen LogP contribution >= 0.6 is 0 Å².